The molecule has 1 saturated carbocycles. The average Bonchev–Trinajstić information content (AvgIpc) is 2.95. The molecule has 2 aliphatic carbocycles. The lowest BCUT2D eigenvalue weighted by Crippen LogP contribution is -1.95. The molecular weight excluding hydrogens is 156 g/mol. The molecule has 1 aromatic carbocycles. The zero-order chi connectivity index (χ0) is 8.84. The molecule has 0 aliphatic heterocycles. The van der Waals surface area contributed by atoms with Crippen LogP contribution in [-0.4, -0.2) is 0 Å². The van der Waals surface area contributed by atoms with Gasteiger partial charge in [0.2, 0.25) is 0 Å². The molecule has 64 valence electrons. The number of benzene rings is 1. The summed E-state index contributed by atoms with van der Waals surface area (Å²) in [4.78, 5) is 0. The normalized spacial score (nSPS) is 27.7. The smallest absolute Gasteiger partial charge is 0.00810 e. The third-order valence-corrected chi connectivity index (χ3v) is 3.13. The van der Waals surface area contributed by atoms with Crippen LogP contribution < -0.4 is 0 Å². The summed E-state index contributed by atoms with van der Waals surface area (Å²) in [6, 6.07) is 6.48. The lowest BCUT2D eigenvalue weighted by Gasteiger charge is -2.12. The van der Waals surface area contributed by atoms with Gasteiger partial charge < -0.3 is 0 Å². The van der Waals surface area contributed by atoms with Crippen molar-refractivity contribution in [3.63, 3.8) is 0 Å². The summed E-state index contributed by atoms with van der Waals surface area (Å²) in [6.07, 6.45) is 7.93. The third kappa shape index (κ3) is 0.918. The van der Waals surface area contributed by atoms with Crippen LogP contribution in [0.25, 0.3) is 12.2 Å². The van der Waals surface area contributed by atoms with Crippen LogP contribution in [0.2, 0.25) is 0 Å². The summed E-state index contributed by atoms with van der Waals surface area (Å²) in [6.45, 7) is 3.87. The molecular formula is C13H12. The SMILES string of the molecule is C=Cc1cccc2c1C1CC1C=C2. The molecule has 0 heteroatoms. The van der Waals surface area contributed by atoms with Crippen molar-refractivity contribution in [2.75, 3.05) is 0 Å². The molecule has 3 rings (SSSR count). The van der Waals surface area contributed by atoms with E-state index in [2.05, 4.69) is 36.9 Å². The molecule has 0 radical (unpaired) electrons. The highest BCUT2D eigenvalue weighted by molar-refractivity contribution is 5.68. The van der Waals surface area contributed by atoms with Crippen molar-refractivity contribution >= 4 is 12.2 Å². The second kappa shape index (κ2) is 2.35. The van der Waals surface area contributed by atoms with Gasteiger partial charge in [0.05, 0.1) is 0 Å². The maximum absolute atomic E-state index is 3.87. The van der Waals surface area contributed by atoms with Crippen molar-refractivity contribution in [3.05, 3.63) is 47.5 Å². The van der Waals surface area contributed by atoms with Crippen LogP contribution in [0.1, 0.15) is 29.0 Å². The molecule has 0 amide bonds. The van der Waals surface area contributed by atoms with Crippen molar-refractivity contribution in [1.29, 1.82) is 0 Å². The highest BCUT2D eigenvalue weighted by atomic mass is 14.4. The quantitative estimate of drug-likeness (QED) is 0.602. The highest BCUT2D eigenvalue weighted by Crippen LogP contribution is 2.53. The van der Waals surface area contributed by atoms with Crippen molar-refractivity contribution in [2.24, 2.45) is 5.92 Å². The Morgan fingerprint density at radius 3 is 3.15 bits per heavy atom. The minimum absolute atomic E-state index is 0.800. The first-order chi connectivity index (χ1) is 6.40. The van der Waals surface area contributed by atoms with Gasteiger partial charge >= 0.3 is 0 Å². The second-order valence-electron chi connectivity index (χ2n) is 3.92. The Balaban J connectivity index is 2.26. The van der Waals surface area contributed by atoms with Crippen molar-refractivity contribution in [1.82, 2.24) is 0 Å². The fraction of sp³-hybridized carbons (Fsp3) is 0.231. The molecule has 2 unspecified atom stereocenters. The van der Waals surface area contributed by atoms with E-state index in [-0.39, 0.29) is 0 Å². The van der Waals surface area contributed by atoms with E-state index in [4.69, 9.17) is 0 Å². The number of rotatable bonds is 1. The molecule has 0 heterocycles. The topological polar surface area (TPSA) is 0 Å². The predicted molar refractivity (Wildman–Crippen MR) is 56.4 cm³/mol. The van der Waals surface area contributed by atoms with Crippen LogP contribution >= 0.6 is 0 Å². The van der Waals surface area contributed by atoms with E-state index in [9.17, 15) is 0 Å². The molecule has 2 aliphatic rings. The second-order valence-corrected chi connectivity index (χ2v) is 3.92. The van der Waals surface area contributed by atoms with Crippen LogP contribution in [0.15, 0.2) is 30.9 Å². The number of hydrogen-bond acceptors (Lipinski definition) is 0. The highest BCUT2D eigenvalue weighted by Gasteiger charge is 2.40. The third-order valence-electron chi connectivity index (χ3n) is 3.13. The first-order valence-corrected chi connectivity index (χ1v) is 4.83. The van der Waals surface area contributed by atoms with Gasteiger partial charge in [0.25, 0.3) is 0 Å². The van der Waals surface area contributed by atoms with Gasteiger partial charge in [-0.2, -0.15) is 0 Å². The Labute approximate surface area is 78.6 Å². The van der Waals surface area contributed by atoms with Crippen molar-refractivity contribution < 1.29 is 0 Å². The monoisotopic (exact) mass is 168 g/mol. The van der Waals surface area contributed by atoms with E-state index >= 15 is 0 Å². The number of allylic oxidation sites excluding steroid dienone is 1. The Hall–Kier alpha value is -1.30. The summed E-state index contributed by atoms with van der Waals surface area (Å²) in [5.74, 6) is 1.63. The van der Waals surface area contributed by atoms with Crippen LogP contribution in [0.5, 0.6) is 0 Å². The largest absolute Gasteiger partial charge is 0.0985 e. The van der Waals surface area contributed by atoms with Gasteiger partial charge in [0.15, 0.2) is 0 Å². The molecule has 0 aromatic heterocycles. The zero-order valence-corrected chi connectivity index (χ0v) is 7.53. The van der Waals surface area contributed by atoms with Gasteiger partial charge in [-0.25, -0.2) is 0 Å². The fourth-order valence-electron chi connectivity index (χ4n) is 2.34. The van der Waals surface area contributed by atoms with Gasteiger partial charge in [0, 0.05) is 0 Å². The summed E-state index contributed by atoms with van der Waals surface area (Å²) in [5.41, 5.74) is 4.26. The standard InChI is InChI=1S/C13H12/c1-2-9-4-3-5-10-6-7-11-8-12(11)13(9)10/h2-7,11-12H,1,8H2. The zero-order valence-electron chi connectivity index (χ0n) is 7.53. The van der Waals surface area contributed by atoms with E-state index in [1.54, 1.807) is 0 Å². The summed E-state index contributed by atoms with van der Waals surface area (Å²) >= 11 is 0. The van der Waals surface area contributed by atoms with Crippen molar-refractivity contribution in [3.8, 4) is 0 Å². The molecule has 0 saturated heterocycles. The van der Waals surface area contributed by atoms with Crippen LogP contribution in [0.4, 0.5) is 0 Å². The lowest BCUT2D eigenvalue weighted by molar-refractivity contribution is 0.992. The molecule has 2 atom stereocenters. The minimum atomic E-state index is 0.800. The minimum Gasteiger partial charge on any atom is -0.0985 e. The molecule has 0 N–H and O–H groups in total. The summed E-state index contributed by atoms with van der Waals surface area (Å²) in [7, 11) is 0. The molecule has 0 bridgehead atoms. The van der Waals surface area contributed by atoms with Gasteiger partial charge in [0.1, 0.15) is 0 Å². The molecule has 13 heavy (non-hydrogen) atoms. The van der Waals surface area contributed by atoms with E-state index in [0.717, 1.165) is 11.8 Å². The Kier molecular flexibility index (Phi) is 1.29. The van der Waals surface area contributed by atoms with E-state index in [1.165, 1.54) is 23.1 Å². The first-order valence-electron chi connectivity index (χ1n) is 4.83. The summed E-state index contributed by atoms with van der Waals surface area (Å²) in [5, 5.41) is 0. The molecule has 1 aromatic rings. The van der Waals surface area contributed by atoms with Crippen LogP contribution in [0, 0.1) is 5.92 Å². The molecule has 0 nitrogen and oxygen atoms in total. The maximum Gasteiger partial charge on any atom is -0.00810 e. The van der Waals surface area contributed by atoms with Gasteiger partial charge in [-0.05, 0) is 34.9 Å². The molecule has 0 spiro atoms. The van der Waals surface area contributed by atoms with E-state index < -0.39 is 0 Å². The van der Waals surface area contributed by atoms with Crippen molar-refractivity contribution in [2.45, 2.75) is 12.3 Å². The van der Waals surface area contributed by atoms with Gasteiger partial charge in [-0.15, -0.1) is 0 Å². The van der Waals surface area contributed by atoms with Gasteiger partial charge in [-0.1, -0.05) is 43.0 Å². The lowest BCUT2D eigenvalue weighted by atomic mass is 9.92. The molecule has 1 fully saturated rings. The average molecular weight is 168 g/mol. The number of fused-ring (bicyclic) bond motifs is 3. The Morgan fingerprint density at radius 1 is 1.38 bits per heavy atom. The predicted octanol–water partition coefficient (Wildman–Crippen LogP) is 3.46. The Morgan fingerprint density at radius 2 is 2.31 bits per heavy atom. The van der Waals surface area contributed by atoms with E-state index in [1.807, 2.05) is 6.08 Å². The Bertz CT molecular complexity index is 398. The van der Waals surface area contributed by atoms with E-state index in [0.29, 0.717) is 0 Å². The van der Waals surface area contributed by atoms with Crippen LogP contribution in [0.3, 0.4) is 0 Å². The maximum atomic E-state index is 3.87. The fourth-order valence-corrected chi connectivity index (χ4v) is 2.34. The number of hydrogen-bond donors (Lipinski definition) is 0. The summed E-state index contributed by atoms with van der Waals surface area (Å²) < 4.78 is 0. The first kappa shape index (κ1) is 7.14. The van der Waals surface area contributed by atoms with Crippen LogP contribution in [-0.2, 0) is 0 Å². The van der Waals surface area contributed by atoms with Gasteiger partial charge in [-0.3, -0.25) is 0 Å².